The lowest BCUT2D eigenvalue weighted by Crippen LogP contribution is -2.10. The summed E-state index contributed by atoms with van der Waals surface area (Å²) in [4.78, 5) is 12.0. The van der Waals surface area contributed by atoms with Gasteiger partial charge in [0.15, 0.2) is 6.29 Å². The number of halogens is 1. The Morgan fingerprint density at radius 1 is 0.926 bits per heavy atom. The second kappa shape index (κ2) is 7.20. The van der Waals surface area contributed by atoms with E-state index in [4.69, 9.17) is 0 Å². The number of nitrogens with zero attached hydrogens (tertiary/aromatic N) is 1. The van der Waals surface area contributed by atoms with E-state index >= 15 is 0 Å². The molecule has 2 nitrogen and oxygen atoms in total. The van der Waals surface area contributed by atoms with Gasteiger partial charge in [0.05, 0.1) is 0 Å². The van der Waals surface area contributed by atoms with Crippen LogP contribution in [0.4, 0.5) is 4.39 Å². The molecule has 0 radical (unpaired) electrons. The first-order chi connectivity index (χ1) is 13.2. The maximum absolute atomic E-state index is 13.4. The summed E-state index contributed by atoms with van der Waals surface area (Å²) in [7, 11) is 0. The van der Waals surface area contributed by atoms with Crippen LogP contribution in [0.15, 0.2) is 78.9 Å². The van der Waals surface area contributed by atoms with Crippen molar-refractivity contribution in [2.24, 2.45) is 0 Å². The molecule has 1 atom stereocenters. The average Bonchev–Trinajstić information content (AvgIpc) is 3.02. The van der Waals surface area contributed by atoms with E-state index in [0.29, 0.717) is 12.1 Å². The molecule has 0 bridgehead atoms. The van der Waals surface area contributed by atoms with Crippen LogP contribution in [0.1, 0.15) is 40.0 Å². The highest BCUT2D eigenvalue weighted by molar-refractivity contribution is 5.99. The number of carbonyl (C=O) groups is 1. The zero-order valence-electron chi connectivity index (χ0n) is 15.1. The third-order valence-corrected chi connectivity index (χ3v) is 5.13. The molecule has 0 aliphatic heterocycles. The predicted octanol–water partition coefficient (Wildman–Crippen LogP) is 5.79. The first-order valence-electron chi connectivity index (χ1n) is 9.04. The first-order valence-corrected chi connectivity index (χ1v) is 9.04. The minimum absolute atomic E-state index is 0.0399. The topological polar surface area (TPSA) is 22.0 Å². The number of aromatic nitrogens is 1. The van der Waals surface area contributed by atoms with Crippen LogP contribution in [-0.2, 0) is 6.54 Å². The Kier molecular flexibility index (Phi) is 4.59. The minimum atomic E-state index is -0.258. The zero-order chi connectivity index (χ0) is 18.8. The molecule has 0 spiro atoms. The van der Waals surface area contributed by atoms with E-state index in [0.717, 1.165) is 28.4 Å². The van der Waals surface area contributed by atoms with E-state index < -0.39 is 0 Å². The lowest BCUT2D eigenvalue weighted by Gasteiger charge is -2.18. The maximum atomic E-state index is 13.4. The van der Waals surface area contributed by atoms with E-state index in [2.05, 4.69) is 23.6 Å². The van der Waals surface area contributed by atoms with Gasteiger partial charge in [-0.15, -0.1) is 0 Å². The Hall–Kier alpha value is -3.20. The van der Waals surface area contributed by atoms with Gasteiger partial charge in [0.1, 0.15) is 5.82 Å². The first kappa shape index (κ1) is 17.2. The lowest BCUT2D eigenvalue weighted by molar-refractivity contribution is 0.112. The molecule has 0 saturated carbocycles. The number of aldehydes is 1. The Labute approximate surface area is 157 Å². The molecule has 4 aromatic rings. The van der Waals surface area contributed by atoms with Crippen LogP contribution >= 0.6 is 0 Å². The smallest absolute Gasteiger partial charge is 0.152 e. The maximum Gasteiger partial charge on any atom is 0.152 e. The fourth-order valence-corrected chi connectivity index (χ4v) is 3.79. The molecule has 0 saturated heterocycles. The van der Waals surface area contributed by atoms with Crippen LogP contribution in [0.25, 0.3) is 10.9 Å². The highest BCUT2D eigenvalue weighted by atomic mass is 19.1. The summed E-state index contributed by atoms with van der Waals surface area (Å²) in [5.74, 6) is -0.298. The van der Waals surface area contributed by atoms with E-state index in [-0.39, 0.29) is 11.7 Å². The van der Waals surface area contributed by atoms with Gasteiger partial charge in [0.25, 0.3) is 0 Å². The highest BCUT2D eigenvalue weighted by Crippen LogP contribution is 2.34. The number of benzene rings is 3. The summed E-state index contributed by atoms with van der Waals surface area (Å²) in [6.07, 6.45) is 0.944. The van der Waals surface area contributed by atoms with E-state index in [1.165, 1.54) is 17.7 Å². The normalized spacial score (nSPS) is 12.2. The number of fused-ring (bicyclic) bond motifs is 1. The summed E-state index contributed by atoms with van der Waals surface area (Å²) in [5, 5.41) is 0.951. The van der Waals surface area contributed by atoms with Crippen molar-refractivity contribution >= 4 is 17.2 Å². The minimum Gasteiger partial charge on any atom is -0.339 e. The second-order valence-electron chi connectivity index (χ2n) is 6.78. The van der Waals surface area contributed by atoms with Gasteiger partial charge in [0, 0.05) is 34.6 Å². The van der Waals surface area contributed by atoms with Crippen molar-refractivity contribution in [1.29, 1.82) is 0 Å². The third kappa shape index (κ3) is 3.17. The summed E-state index contributed by atoms with van der Waals surface area (Å²) in [5.41, 5.74) is 4.85. The Morgan fingerprint density at radius 3 is 2.30 bits per heavy atom. The number of carbonyl (C=O) groups excluding carboxylic acids is 1. The number of para-hydroxylation sites is 1. The van der Waals surface area contributed by atoms with E-state index in [1.807, 2.05) is 42.5 Å². The van der Waals surface area contributed by atoms with Gasteiger partial charge >= 0.3 is 0 Å². The molecule has 4 rings (SSSR count). The highest BCUT2D eigenvalue weighted by Gasteiger charge is 2.22. The fraction of sp³-hybridized carbons (Fsp3) is 0.125. The van der Waals surface area contributed by atoms with Gasteiger partial charge in [-0.3, -0.25) is 4.79 Å². The van der Waals surface area contributed by atoms with Crippen LogP contribution in [0.2, 0.25) is 0 Å². The summed E-state index contributed by atoms with van der Waals surface area (Å²) >= 11 is 0. The molecule has 1 aromatic heterocycles. The van der Waals surface area contributed by atoms with Crippen LogP contribution in [0.5, 0.6) is 0 Å². The molecule has 3 aromatic carbocycles. The van der Waals surface area contributed by atoms with Gasteiger partial charge in [-0.05, 0) is 29.3 Å². The van der Waals surface area contributed by atoms with Crippen molar-refractivity contribution < 1.29 is 9.18 Å². The fourth-order valence-electron chi connectivity index (χ4n) is 3.79. The average molecular weight is 357 g/mol. The number of hydrogen-bond acceptors (Lipinski definition) is 1. The van der Waals surface area contributed by atoms with Gasteiger partial charge in [-0.25, -0.2) is 4.39 Å². The number of hydrogen-bond donors (Lipinski definition) is 0. The van der Waals surface area contributed by atoms with Crippen LogP contribution in [-0.4, -0.2) is 10.9 Å². The quantitative estimate of drug-likeness (QED) is 0.414. The summed E-state index contributed by atoms with van der Waals surface area (Å²) in [6, 6.07) is 24.7. The molecular weight excluding hydrogens is 337 g/mol. The standard InChI is InChI=1S/C24H20FNO/c1-17(19-11-13-20(25)14-12-19)24-22(16-27)21-9-5-6-10-23(21)26(24)15-18-7-3-2-4-8-18/h2-14,16-17H,15H2,1H3/t17-/m0/s1. The van der Waals surface area contributed by atoms with E-state index in [1.54, 1.807) is 12.1 Å². The van der Waals surface area contributed by atoms with Gasteiger partial charge in [-0.1, -0.05) is 67.6 Å². The van der Waals surface area contributed by atoms with E-state index in [9.17, 15) is 9.18 Å². The van der Waals surface area contributed by atoms with Crippen molar-refractivity contribution in [2.45, 2.75) is 19.4 Å². The zero-order valence-corrected chi connectivity index (χ0v) is 15.1. The molecule has 3 heteroatoms. The molecule has 0 aliphatic carbocycles. The molecule has 0 fully saturated rings. The van der Waals surface area contributed by atoms with Crippen molar-refractivity contribution in [3.63, 3.8) is 0 Å². The van der Waals surface area contributed by atoms with Crippen molar-refractivity contribution in [3.05, 3.63) is 107 Å². The van der Waals surface area contributed by atoms with Crippen molar-refractivity contribution in [1.82, 2.24) is 4.57 Å². The molecule has 27 heavy (non-hydrogen) atoms. The Balaban J connectivity index is 1.93. The Bertz CT molecular complexity index is 1080. The predicted molar refractivity (Wildman–Crippen MR) is 107 cm³/mol. The van der Waals surface area contributed by atoms with Crippen LogP contribution in [0, 0.1) is 5.82 Å². The van der Waals surface area contributed by atoms with Crippen molar-refractivity contribution in [3.8, 4) is 0 Å². The second-order valence-corrected chi connectivity index (χ2v) is 6.78. The molecular formula is C24H20FNO. The Morgan fingerprint density at radius 2 is 1.59 bits per heavy atom. The summed E-state index contributed by atoms with van der Waals surface area (Å²) < 4.78 is 15.6. The van der Waals surface area contributed by atoms with Crippen molar-refractivity contribution in [2.75, 3.05) is 0 Å². The van der Waals surface area contributed by atoms with Gasteiger partial charge in [-0.2, -0.15) is 0 Å². The third-order valence-electron chi connectivity index (χ3n) is 5.13. The molecule has 0 amide bonds. The lowest BCUT2D eigenvalue weighted by atomic mass is 9.94. The SMILES string of the molecule is C[C@@H](c1ccc(F)cc1)c1c(C=O)c2ccccc2n1Cc1ccccc1. The van der Waals surface area contributed by atoms with Gasteiger partial charge in [0.2, 0.25) is 0 Å². The monoisotopic (exact) mass is 357 g/mol. The summed E-state index contributed by atoms with van der Waals surface area (Å²) in [6.45, 7) is 2.74. The molecule has 0 N–H and O–H groups in total. The largest absolute Gasteiger partial charge is 0.339 e. The molecule has 0 aliphatic rings. The van der Waals surface area contributed by atoms with Crippen LogP contribution < -0.4 is 0 Å². The van der Waals surface area contributed by atoms with Gasteiger partial charge < -0.3 is 4.57 Å². The molecule has 0 unspecified atom stereocenters. The number of rotatable bonds is 5. The molecule has 134 valence electrons. The molecule has 1 heterocycles. The van der Waals surface area contributed by atoms with Crippen LogP contribution in [0.3, 0.4) is 0 Å².